The molecule has 1 aliphatic rings. The van der Waals surface area contributed by atoms with Gasteiger partial charge in [0.1, 0.15) is 0 Å². The minimum atomic E-state index is -0.548. The lowest BCUT2D eigenvalue weighted by atomic mass is 10.3. The zero-order valence-corrected chi connectivity index (χ0v) is 7.20. The quantitative estimate of drug-likeness (QED) is 0.552. The van der Waals surface area contributed by atoms with Crippen LogP contribution in [0.25, 0.3) is 0 Å². The highest BCUT2D eigenvalue weighted by Gasteiger charge is 2.27. The molecule has 0 bridgehead atoms. The lowest BCUT2D eigenvalue weighted by Crippen LogP contribution is -2.49. The molecule has 1 fully saturated rings. The number of carbonyl (C=O) groups excluding carboxylic acids is 1. The van der Waals surface area contributed by atoms with Gasteiger partial charge < -0.3 is 19.5 Å². The molecule has 0 unspecified atom stereocenters. The van der Waals surface area contributed by atoms with Crippen molar-refractivity contribution in [2.45, 2.75) is 12.4 Å². The Hall–Kier alpha value is -0.650. The zero-order valence-electron chi connectivity index (χ0n) is 7.20. The van der Waals surface area contributed by atoms with Crippen LogP contribution in [0.4, 0.5) is 0 Å². The molecule has 0 aromatic rings. The normalized spacial score (nSPS) is 29.8. The fraction of sp³-hybridized carbons (Fsp3) is 0.857. The Labute approximate surface area is 71.0 Å². The van der Waals surface area contributed by atoms with E-state index < -0.39 is 6.10 Å². The molecule has 0 spiro atoms. The number of carbonyl (C=O) groups is 1. The average Bonchev–Trinajstić information content (AvgIpc) is 2.17. The van der Waals surface area contributed by atoms with Crippen LogP contribution in [0.2, 0.25) is 0 Å². The van der Waals surface area contributed by atoms with Gasteiger partial charge in [-0.2, -0.15) is 0 Å². The molecule has 0 radical (unpaired) electrons. The number of morpholine rings is 1. The molecule has 0 amide bonds. The first-order valence-corrected chi connectivity index (χ1v) is 3.74. The summed E-state index contributed by atoms with van der Waals surface area (Å²) in [6.45, 7) is 1.08. The fourth-order valence-corrected chi connectivity index (χ4v) is 1.02. The van der Waals surface area contributed by atoms with Gasteiger partial charge in [0.15, 0.2) is 12.4 Å². The van der Waals surface area contributed by atoms with Gasteiger partial charge in [0.2, 0.25) is 0 Å². The van der Waals surface area contributed by atoms with Gasteiger partial charge in [0.25, 0.3) is 0 Å². The third kappa shape index (κ3) is 2.17. The molecule has 70 valence electrons. The highest BCUT2D eigenvalue weighted by atomic mass is 16.7. The van der Waals surface area contributed by atoms with Crippen molar-refractivity contribution in [1.29, 1.82) is 0 Å². The summed E-state index contributed by atoms with van der Waals surface area (Å²) in [5.41, 5.74) is 0. The van der Waals surface area contributed by atoms with Crippen molar-refractivity contribution in [3.8, 4) is 0 Å². The summed E-state index contributed by atoms with van der Waals surface area (Å²) in [4.78, 5) is 11.0. The third-order valence-electron chi connectivity index (χ3n) is 1.68. The highest BCUT2D eigenvalue weighted by molar-refractivity contribution is 5.74. The predicted molar refractivity (Wildman–Crippen MR) is 40.6 cm³/mol. The van der Waals surface area contributed by atoms with Crippen LogP contribution in [-0.2, 0) is 19.0 Å². The Bertz CT molecular complexity index is 161. The first-order chi connectivity index (χ1) is 5.77. The topological polar surface area (TPSA) is 56.8 Å². The molecular weight excluding hydrogens is 162 g/mol. The molecule has 0 saturated carbocycles. The first kappa shape index (κ1) is 9.44. The van der Waals surface area contributed by atoms with Crippen molar-refractivity contribution in [2.24, 2.45) is 0 Å². The summed E-state index contributed by atoms with van der Waals surface area (Å²) in [5.74, 6) is -0.371. The largest absolute Gasteiger partial charge is 0.467 e. The SMILES string of the molecule is COC(=O)[C@H]1CNC[C@H](OC)O1. The number of nitrogens with one attached hydrogen (secondary N) is 1. The molecular formula is C7H13NO4. The Morgan fingerprint density at radius 2 is 2.25 bits per heavy atom. The molecule has 12 heavy (non-hydrogen) atoms. The van der Waals surface area contributed by atoms with Crippen LogP contribution in [0.3, 0.4) is 0 Å². The standard InChI is InChI=1S/C7H13NO4/c1-10-6-4-8-3-5(12-6)7(9)11-2/h5-6,8H,3-4H2,1-2H3/t5-,6-/m1/s1. The Morgan fingerprint density at radius 1 is 1.50 bits per heavy atom. The first-order valence-electron chi connectivity index (χ1n) is 3.74. The Morgan fingerprint density at radius 3 is 2.83 bits per heavy atom. The summed E-state index contributed by atoms with van der Waals surface area (Å²) in [5, 5.41) is 3.00. The summed E-state index contributed by atoms with van der Waals surface area (Å²) >= 11 is 0. The second kappa shape index (κ2) is 4.39. The van der Waals surface area contributed by atoms with E-state index in [1.54, 1.807) is 0 Å². The van der Waals surface area contributed by atoms with Crippen LogP contribution in [-0.4, -0.2) is 45.7 Å². The minimum absolute atomic E-state index is 0.358. The lowest BCUT2D eigenvalue weighted by molar-refractivity contribution is -0.192. The second-order valence-electron chi connectivity index (χ2n) is 2.47. The maximum Gasteiger partial charge on any atom is 0.336 e. The molecule has 5 heteroatoms. The predicted octanol–water partition coefficient (Wildman–Crippen LogP) is -0.880. The number of esters is 1. The summed E-state index contributed by atoms with van der Waals surface area (Å²) in [7, 11) is 2.87. The number of hydrogen-bond donors (Lipinski definition) is 1. The van der Waals surface area contributed by atoms with Crippen molar-refractivity contribution in [2.75, 3.05) is 27.3 Å². The molecule has 2 atom stereocenters. The van der Waals surface area contributed by atoms with E-state index in [4.69, 9.17) is 9.47 Å². The van der Waals surface area contributed by atoms with E-state index in [2.05, 4.69) is 10.1 Å². The van der Waals surface area contributed by atoms with Crippen LogP contribution in [0.5, 0.6) is 0 Å². The van der Waals surface area contributed by atoms with E-state index >= 15 is 0 Å². The molecule has 1 heterocycles. The summed E-state index contributed by atoms with van der Waals surface area (Å²) in [6, 6.07) is 0. The van der Waals surface area contributed by atoms with Crippen molar-refractivity contribution >= 4 is 5.97 Å². The van der Waals surface area contributed by atoms with Crippen LogP contribution in [0, 0.1) is 0 Å². The molecule has 0 aromatic heterocycles. The molecule has 1 aliphatic heterocycles. The van der Waals surface area contributed by atoms with E-state index in [0.717, 1.165) is 0 Å². The Kier molecular flexibility index (Phi) is 3.46. The van der Waals surface area contributed by atoms with E-state index in [1.165, 1.54) is 14.2 Å². The van der Waals surface area contributed by atoms with Crippen LogP contribution in [0.15, 0.2) is 0 Å². The van der Waals surface area contributed by atoms with Gasteiger partial charge in [0.05, 0.1) is 7.11 Å². The molecule has 5 nitrogen and oxygen atoms in total. The summed E-state index contributed by atoms with van der Waals surface area (Å²) < 4.78 is 14.7. The minimum Gasteiger partial charge on any atom is -0.467 e. The van der Waals surface area contributed by atoms with E-state index in [-0.39, 0.29) is 12.3 Å². The van der Waals surface area contributed by atoms with Gasteiger partial charge >= 0.3 is 5.97 Å². The molecule has 0 aliphatic carbocycles. The fourth-order valence-electron chi connectivity index (χ4n) is 1.02. The van der Waals surface area contributed by atoms with Crippen molar-refractivity contribution in [1.82, 2.24) is 5.32 Å². The van der Waals surface area contributed by atoms with E-state index in [0.29, 0.717) is 13.1 Å². The number of hydrogen-bond acceptors (Lipinski definition) is 5. The lowest BCUT2D eigenvalue weighted by Gasteiger charge is -2.27. The maximum absolute atomic E-state index is 11.0. The van der Waals surface area contributed by atoms with Gasteiger partial charge in [-0.05, 0) is 0 Å². The Balaban J connectivity index is 2.40. The monoisotopic (exact) mass is 175 g/mol. The van der Waals surface area contributed by atoms with Crippen molar-refractivity contribution in [3.63, 3.8) is 0 Å². The van der Waals surface area contributed by atoms with Gasteiger partial charge in [-0.25, -0.2) is 4.79 Å². The number of methoxy groups -OCH3 is 2. The third-order valence-corrected chi connectivity index (χ3v) is 1.68. The van der Waals surface area contributed by atoms with Crippen LogP contribution in [0.1, 0.15) is 0 Å². The highest BCUT2D eigenvalue weighted by Crippen LogP contribution is 2.05. The molecule has 0 aromatic carbocycles. The molecule has 1 N–H and O–H groups in total. The van der Waals surface area contributed by atoms with Gasteiger partial charge in [-0.15, -0.1) is 0 Å². The van der Waals surface area contributed by atoms with Gasteiger partial charge in [-0.1, -0.05) is 0 Å². The smallest absolute Gasteiger partial charge is 0.336 e. The number of rotatable bonds is 2. The average molecular weight is 175 g/mol. The van der Waals surface area contributed by atoms with Gasteiger partial charge in [-0.3, -0.25) is 0 Å². The molecule has 1 saturated heterocycles. The zero-order chi connectivity index (χ0) is 8.97. The summed E-state index contributed by atoms with van der Waals surface area (Å²) in [6.07, 6.45) is -0.906. The number of ether oxygens (including phenoxy) is 3. The molecule has 1 rings (SSSR count). The van der Waals surface area contributed by atoms with Crippen LogP contribution < -0.4 is 5.32 Å². The van der Waals surface area contributed by atoms with Gasteiger partial charge in [0, 0.05) is 20.2 Å². The maximum atomic E-state index is 11.0. The van der Waals surface area contributed by atoms with Crippen molar-refractivity contribution in [3.05, 3.63) is 0 Å². The second-order valence-corrected chi connectivity index (χ2v) is 2.47. The van der Waals surface area contributed by atoms with Crippen molar-refractivity contribution < 1.29 is 19.0 Å². The van der Waals surface area contributed by atoms with E-state index in [1.807, 2.05) is 0 Å². The van der Waals surface area contributed by atoms with Crippen LogP contribution >= 0.6 is 0 Å². The van der Waals surface area contributed by atoms with E-state index in [9.17, 15) is 4.79 Å².